The van der Waals surface area contributed by atoms with Gasteiger partial charge in [-0.05, 0) is 6.42 Å². The maximum atomic E-state index is 9.79. The number of aliphatic carboxylic acids is 2. The number of carbonyl (C=O) groups is 2. The Morgan fingerprint density at radius 3 is 1.19 bits per heavy atom. The van der Waals surface area contributed by atoms with Gasteiger partial charge < -0.3 is 40.9 Å². The van der Waals surface area contributed by atoms with E-state index in [2.05, 4.69) is 0 Å². The highest BCUT2D eigenvalue weighted by Gasteiger charge is 2.29. The minimum atomic E-state index is -1.67. The number of aliphatic hydroxyl groups is 6. The van der Waals surface area contributed by atoms with E-state index in [1.807, 2.05) is 0 Å². The second-order valence-corrected chi connectivity index (χ2v) is 4.12. The summed E-state index contributed by atoms with van der Waals surface area (Å²) in [6, 6.07) is 0. The monoisotopic (exact) mass is 314 g/mol. The van der Waals surface area contributed by atoms with Crippen molar-refractivity contribution in [3.63, 3.8) is 0 Å². The van der Waals surface area contributed by atoms with Gasteiger partial charge in [0.2, 0.25) is 0 Å². The fourth-order valence-electron chi connectivity index (χ4n) is 1.06. The van der Waals surface area contributed by atoms with Gasteiger partial charge in [0.05, 0.1) is 13.2 Å². The molecule has 0 spiro atoms. The van der Waals surface area contributed by atoms with E-state index < -0.39 is 49.6 Å². The van der Waals surface area contributed by atoms with Crippen LogP contribution < -0.4 is 0 Å². The summed E-state index contributed by atoms with van der Waals surface area (Å²) in [4.78, 5) is 19.6. The molecule has 21 heavy (non-hydrogen) atoms. The first-order chi connectivity index (χ1) is 9.67. The van der Waals surface area contributed by atoms with E-state index in [0.717, 1.165) is 0 Å². The zero-order valence-corrected chi connectivity index (χ0v) is 11.2. The van der Waals surface area contributed by atoms with Crippen molar-refractivity contribution >= 4 is 11.9 Å². The topological polar surface area (TPSA) is 196 Å². The number of carboxylic acids is 2. The van der Waals surface area contributed by atoms with Crippen LogP contribution in [-0.4, -0.2) is 90.4 Å². The zero-order chi connectivity index (χ0) is 17.0. The van der Waals surface area contributed by atoms with Crippen LogP contribution in [-0.2, 0) is 9.59 Å². The molecule has 0 amide bonds. The van der Waals surface area contributed by atoms with Crippen molar-refractivity contribution in [1.82, 2.24) is 0 Å². The van der Waals surface area contributed by atoms with Crippen LogP contribution in [0.25, 0.3) is 0 Å². The van der Waals surface area contributed by atoms with Crippen LogP contribution in [0.2, 0.25) is 0 Å². The van der Waals surface area contributed by atoms with Crippen LogP contribution in [0.3, 0.4) is 0 Å². The molecule has 126 valence electrons. The highest BCUT2D eigenvalue weighted by Crippen LogP contribution is 2.04. The van der Waals surface area contributed by atoms with E-state index in [9.17, 15) is 9.59 Å². The Labute approximate surface area is 120 Å². The van der Waals surface area contributed by atoms with Gasteiger partial charge in [0.15, 0.2) is 0 Å². The summed E-state index contributed by atoms with van der Waals surface area (Å²) in [6.45, 7) is -1.45. The molecule has 0 radical (unpaired) electrons. The Morgan fingerprint density at radius 1 is 0.714 bits per heavy atom. The van der Waals surface area contributed by atoms with Crippen molar-refractivity contribution in [3.05, 3.63) is 0 Å². The van der Waals surface area contributed by atoms with Crippen molar-refractivity contribution < 1.29 is 50.4 Å². The summed E-state index contributed by atoms with van der Waals surface area (Å²) < 4.78 is 0. The molecule has 0 aromatic rings. The molecule has 0 rings (SSSR count). The molecule has 10 heteroatoms. The molecule has 0 heterocycles. The second kappa shape index (κ2) is 12.4. The van der Waals surface area contributed by atoms with E-state index >= 15 is 0 Å². The first-order valence-corrected chi connectivity index (χ1v) is 6.04. The van der Waals surface area contributed by atoms with Crippen LogP contribution in [0.1, 0.15) is 19.3 Å². The maximum absolute atomic E-state index is 9.79. The lowest BCUT2D eigenvalue weighted by atomic mass is 10.0. The summed E-state index contributed by atoms with van der Waals surface area (Å²) in [6.07, 6.45) is -6.31. The molecule has 10 nitrogen and oxygen atoms in total. The molecule has 0 aromatic heterocycles. The molecule has 0 bridgehead atoms. The molecule has 0 saturated carbocycles. The first-order valence-electron chi connectivity index (χ1n) is 6.04. The fraction of sp³-hybridized carbons (Fsp3) is 0.818. The summed E-state index contributed by atoms with van der Waals surface area (Å²) in [5.41, 5.74) is 0. The van der Waals surface area contributed by atoms with Gasteiger partial charge in [-0.2, -0.15) is 0 Å². The van der Waals surface area contributed by atoms with Crippen molar-refractivity contribution in [2.45, 2.75) is 43.7 Å². The molecule has 8 N–H and O–H groups in total. The van der Waals surface area contributed by atoms with Gasteiger partial charge >= 0.3 is 11.9 Å². The highest BCUT2D eigenvalue weighted by atomic mass is 16.4. The van der Waals surface area contributed by atoms with Crippen LogP contribution in [0, 0.1) is 0 Å². The smallest absolute Gasteiger partial charge is 0.303 e. The molecule has 0 saturated heterocycles. The Balaban J connectivity index is 0. The zero-order valence-electron chi connectivity index (χ0n) is 11.2. The number of hydrogen-bond donors (Lipinski definition) is 8. The largest absolute Gasteiger partial charge is 0.481 e. The second-order valence-electron chi connectivity index (χ2n) is 4.12. The molecular formula is C11H22O10. The lowest BCUT2D eigenvalue weighted by molar-refractivity contribution is -0.138. The lowest BCUT2D eigenvalue weighted by Gasteiger charge is -2.24. The van der Waals surface area contributed by atoms with Gasteiger partial charge in [0.1, 0.15) is 24.4 Å². The average Bonchev–Trinajstić information content (AvgIpc) is 2.43. The van der Waals surface area contributed by atoms with Crippen LogP contribution in [0.4, 0.5) is 0 Å². The van der Waals surface area contributed by atoms with Crippen LogP contribution in [0.5, 0.6) is 0 Å². The van der Waals surface area contributed by atoms with Gasteiger partial charge in [-0.15, -0.1) is 0 Å². The Bertz CT molecular complexity index is 267. The van der Waals surface area contributed by atoms with Gasteiger partial charge in [-0.3, -0.25) is 9.59 Å². The first kappa shape index (κ1) is 22.0. The van der Waals surface area contributed by atoms with Gasteiger partial charge in [-0.1, -0.05) is 0 Å². The number of rotatable bonds is 9. The maximum Gasteiger partial charge on any atom is 0.303 e. The van der Waals surface area contributed by atoms with E-state index in [1.54, 1.807) is 0 Å². The van der Waals surface area contributed by atoms with Crippen molar-refractivity contribution in [1.29, 1.82) is 0 Å². The van der Waals surface area contributed by atoms with Crippen molar-refractivity contribution in [2.75, 3.05) is 13.2 Å². The van der Waals surface area contributed by atoms with E-state index in [0.29, 0.717) is 0 Å². The minimum absolute atomic E-state index is 0.0632. The summed E-state index contributed by atoms with van der Waals surface area (Å²) >= 11 is 0. The number of aliphatic hydroxyl groups excluding tert-OH is 6. The summed E-state index contributed by atoms with van der Waals surface area (Å²) in [5.74, 6) is -1.90. The normalized spacial score (nSPS) is 16.1. The van der Waals surface area contributed by atoms with Crippen molar-refractivity contribution in [2.24, 2.45) is 0 Å². The molecular weight excluding hydrogens is 292 g/mol. The molecule has 0 aliphatic rings. The molecule has 4 unspecified atom stereocenters. The van der Waals surface area contributed by atoms with E-state index in [4.69, 9.17) is 40.9 Å². The third-order valence-electron chi connectivity index (χ3n) is 2.29. The molecule has 0 aromatic carbocycles. The number of hydrogen-bond acceptors (Lipinski definition) is 8. The SMILES string of the molecule is O=C(O)CCCC(=O)O.OCC(O)C(O)C(O)C(O)CO. The lowest BCUT2D eigenvalue weighted by Crippen LogP contribution is -2.46. The van der Waals surface area contributed by atoms with E-state index in [1.165, 1.54) is 0 Å². The predicted octanol–water partition coefficient (Wildman–Crippen LogP) is -3.26. The molecule has 4 atom stereocenters. The van der Waals surface area contributed by atoms with Crippen LogP contribution >= 0.6 is 0 Å². The molecule has 0 aliphatic carbocycles. The molecule has 0 aliphatic heterocycles. The van der Waals surface area contributed by atoms with Gasteiger partial charge in [0, 0.05) is 12.8 Å². The van der Waals surface area contributed by atoms with E-state index in [-0.39, 0.29) is 19.3 Å². The van der Waals surface area contributed by atoms with Crippen molar-refractivity contribution in [3.8, 4) is 0 Å². The van der Waals surface area contributed by atoms with Crippen LogP contribution in [0.15, 0.2) is 0 Å². The third kappa shape index (κ3) is 12.2. The molecule has 0 fully saturated rings. The Morgan fingerprint density at radius 2 is 1.00 bits per heavy atom. The minimum Gasteiger partial charge on any atom is -0.481 e. The quantitative estimate of drug-likeness (QED) is 0.214. The number of carboxylic acid groups (broad SMARTS) is 2. The average molecular weight is 314 g/mol. The predicted molar refractivity (Wildman–Crippen MR) is 67.3 cm³/mol. The fourth-order valence-corrected chi connectivity index (χ4v) is 1.06. The highest BCUT2D eigenvalue weighted by molar-refractivity contribution is 5.69. The Kier molecular flexibility index (Phi) is 13.0. The standard InChI is InChI=1S/C6H14O6.C5H8O4/c7-1-3(9)5(11)6(12)4(10)2-8;6-4(7)2-1-3-5(8)9/h3-12H,1-2H2;1-3H2,(H,6,7)(H,8,9). The van der Waals surface area contributed by atoms with Gasteiger partial charge in [0.25, 0.3) is 0 Å². The third-order valence-corrected chi connectivity index (χ3v) is 2.29. The Hall–Kier alpha value is -1.30. The summed E-state index contributed by atoms with van der Waals surface area (Å²) in [7, 11) is 0. The van der Waals surface area contributed by atoms with Gasteiger partial charge in [-0.25, -0.2) is 0 Å². The summed E-state index contributed by atoms with van der Waals surface area (Å²) in [5, 5.41) is 68.2.